The van der Waals surface area contributed by atoms with Crippen LogP contribution in [0.5, 0.6) is 0 Å². The predicted molar refractivity (Wildman–Crippen MR) is 110 cm³/mol. The molecule has 0 radical (unpaired) electrons. The molecule has 1 unspecified atom stereocenters. The Morgan fingerprint density at radius 3 is 2.59 bits per heavy atom. The van der Waals surface area contributed by atoms with Crippen LogP contribution in [0.4, 0.5) is 0 Å². The number of piperidine rings is 1. The van der Waals surface area contributed by atoms with Gasteiger partial charge in [-0.2, -0.15) is 0 Å². The zero-order chi connectivity index (χ0) is 19.1. The summed E-state index contributed by atoms with van der Waals surface area (Å²) in [5.74, 6) is 0.0452. The summed E-state index contributed by atoms with van der Waals surface area (Å²) in [6.45, 7) is 1.87. The van der Waals surface area contributed by atoms with Crippen LogP contribution in [0, 0.1) is 5.92 Å². The van der Waals surface area contributed by atoms with Crippen molar-refractivity contribution in [3.63, 3.8) is 0 Å². The van der Waals surface area contributed by atoms with Crippen molar-refractivity contribution in [1.82, 2.24) is 10.2 Å². The lowest BCUT2D eigenvalue weighted by atomic mass is 9.96. The molecule has 1 atom stereocenters. The molecule has 5 heteroatoms. The molecule has 1 heterocycles. The Labute approximate surface area is 169 Å². The van der Waals surface area contributed by atoms with E-state index < -0.39 is 0 Å². The molecule has 4 nitrogen and oxygen atoms in total. The number of rotatable bonds is 6. The minimum atomic E-state index is -0.113. The average molecular weight is 429 g/mol. The van der Waals surface area contributed by atoms with Crippen LogP contribution in [0.15, 0.2) is 59.1 Å². The van der Waals surface area contributed by atoms with Gasteiger partial charge in [-0.15, -0.1) is 0 Å². The molecule has 2 aromatic carbocycles. The third kappa shape index (κ3) is 5.67. The molecule has 142 valence electrons. The fraction of sp³-hybridized carbons (Fsp3) is 0.364. The summed E-state index contributed by atoms with van der Waals surface area (Å²) in [7, 11) is 0. The molecule has 0 bridgehead atoms. The number of hydrogen-bond acceptors (Lipinski definition) is 2. The Kier molecular flexibility index (Phi) is 7.04. The summed E-state index contributed by atoms with van der Waals surface area (Å²) in [6, 6.07) is 17.8. The van der Waals surface area contributed by atoms with Gasteiger partial charge >= 0.3 is 0 Å². The number of likely N-dealkylation sites (tertiary alicyclic amines) is 1. The number of amides is 2. The Morgan fingerprint density at radius 1 is 1.07 bits per heavy atom. The lowest BCUT2D eigenvalue weighted by molar-refractivity contribution is -0.135. The summed E-state index contributed by atoms with van der Waals surface area (Å²) < 4.78 is 1.06. The zero-order valence-corrected chi connectivity index (χ0v) is 17.0. The van der Waals surface area contributed by atoms with Gasteiger partial charge < -0.3 is 10.2 Å². The van der Waals surface area contributed by atoms with Crippen LogP contribution in [0.3, 0.4) is 0 Å². The van der Waals surface area contributed by atoms with E-state index in [-0.39, 0.29) is 17.7 Å². The highest BCUT2D eigenvalue weighted by Gasteiger charge is 2.28. The van der Waals surface area contributed by atoms with Gasteiger partial charge in [0.2, 0.25) is 11.8 Å². The van der Waals surface area contributed by atoms with Gasteiger partial charge in [-0.25, -0.2) is 0 Å². The van der Waals surface area contributed by atoms with Crippen molar-refractivity contribution in [2.45, 2.75) is 25.7 Å². The van der Waals surface area contributed by atoms with E-state index in [1.807, 2.05) is 53.4 Å². The number of hydrogen-bond donors (Lipinski definition) is 1. The Balaban J connectivity index is 1.47. The number of halogens is 1. The van der Waals surface area contributed by atoms with E-state index in [1.54, 1.807) is 0 Å². The standard InChI is InChI=1S/C22H25BrN2O2/c23-20-11-5-4-9-18(20)12-13-24-22(27)19-10-6-14-25(16-19)21(26)15-17-7-2-1-3-8-17/h1-5,7-9,11,19H,6,10,12-16H2,(H,24,27). The molecule has 2 aromatic rings. The molecule has 1 saturated heterocycles. The van der Waals surface area contributed by atoms with Gasteiger partial charge in [0, 0.05) is 24.1 Å². The highest BCUT2D eigenvalue weighted by atomic mass is 79.9. The summed E-state index contributed by atoms with van der Waals surface area (Å²) in [6.07, 6.45) is 2.91. The first-order chi connectivity index (χ1) is 13.1. The van der Waals surface area contributed by atoms with Crippen LogP contribution < -0.4 is 5.32 Å². The first-order valence-corrected chi connectivity index (χ1v) is 10.3. The van der Waals surface area contributed by atoms with E-state index >= 15 is 0 Å². The molecule has 1 aliphatic rings. The molecule has 0 aliphatic carbocycles. The summed E-state index contributed by atoms with van der Waals surface area (Å²) in [5.41, 5.74) is 2.20. The molecule has 1 N–H and O–H groups in total. The van der Waals surface area contributed by atoms with E-state index in [1.165, 1.54) is 5.56 Å². The number of benzene rings is 2. The SMILES string of the molecule is O=C(NCCc1ccccc1Br)C1CCCN(C(=O)Cc2ccccc2)C1. The van der Waals surface area contributed by atoms with Gasteiger partial charge in [0.25, 0.3) is 0 Å². The molecule has 27 heavy (non-hydrogen) atoms. The molecule has 2 amide bonds. The van der Waals surface area contributed by atoms with Crippen LogP contribution in [-0.4, -0.2) is 36.3 Å². The van der Waals surface area contributed by atoms with Gasteiger partial charge in [0.05, 0.1) is 12.3 Å². The van der Waals surface area contributed by atoms with E-state index in [0.717, 1.165) is 35.8 Å². The van der Waals surface area contributed by atoms with Crippen molar-refractivity contribution in [3.8, 4) is 0 Å². The van der Waals surface area contributed by atoms with Gasteiger partial charge in [0.15, 0.2) is 0 Å². The second-order valence-corrected chi connectivity index (χ2v) is 7.83. The molecule has 0 aromatic heterocycles. The average Bonchev–Trinajstić information content (AvgIpc) is 2.70. The van der Waals surface area contributed by atoms with Crippen LogP contribution in [0.2, 0.25) is 0 Å². The van der Waals surface area contributed by atoms with Gasteiger partial charge in [-0.3, -0.25) is 9.59 Å². The Bertz CT molecular complexity index is 779. The van der Waals surface area contributed by atoms with Crippen LogP contribution in [0.25, 0.3) is 0 Å². The summed E-state index contributed by atoms with van der Waals surface area (Å²) in [4.78, 5) is 26.9. The quantitative estimate of drug-likeness (QED) is 0.763. The predicted octanol–water partition coefficient (Wildman–Crippen LogP) is 3.59. The second kappa shape index (κ2) is 9.70. The van der Waals surface area contributed by atoms with Crippen LogP contribution in [0.1, 0.15) is 24.0 Å². The molecule has 0 saturated carbocycles. The van der Waals surface area contributed by atoms with E-state index in [0.29, 0.717) is 19.5 Å². The molecular weight excluding hydrogens is 404 g/mol. The largest absolute Gasteiger partial charge is 0.355 e. The maximum absolute atomic E-state index is 12.6. The maximum atomic E-state index is 12.6. The molecule has 0 spiro atoms. The van der Waals surface area contributed by atoms with Crippen molar-refractivity contribution in [1.29, 1.82) is 0 Å². The minimum Gasteiger partial charge on any atom is -0.355 e. The Hall–Kier alpha value is -2.14. The van der Waals surface area contributed by atoms with E-state index in [9.17, 15) is 9.59 Å². The zero-order valence-electron chi connectivity index (χ0n) is 15.4. The minimum absolute atomic E-state index is 0.0549. The normalized spacial score (nSPS) is 16.8. The van der Waals surface area contributed by atoms with Gasteiger partial charge in [-0.05, 0) is 36.5 Å². The maximum Gasteiger partial charge on any atom is 0.227 e. The number of nitrogens with zero attached hydrogens (tertiary/aromatic N) is 1. The fourth-order valence-electron chi connectivity index (χ4n) is 3.47. The van der Waals surface area contributed by atoms with Crippen molar-refractivity contribution >= 4 is 27.7 Å². The number of carbonyl (C=O) groups excluding carboxylic acids is 2. The summed E-state index contributed by atoms with van der Waals surface area (Å²) in [5, 5.41) is 3.04. The Morgan fingerprint density at radius 2 is 1.81 bits per heavy atom. The third-order valence-corrected chi connectivity index (χ3v) is 5.77. The monoisotopic (exact) mass is 428 g/mol. The van der Waals surface area contributed by atoms with Gasteiger partial charge in [0.1, 0.15) is 0 Å². The molecule has 1 aliphatic heterocycles. The summed E-state index contributed by atoms with van der Waals surface area (Å²) >= 11 is 3.53. The third-order valence-electron chi connectivity index (χ3n) is 4.99. The fourth-order valence-corrected chi connectivity index (χ4v) is 3.95. The number of nitrogens with one attached hydrogen (secondary N) is 1. The van der Waals surface area contributed by atoms with E-state index in [2.05, 4.69) is 27.3 Å². The lowest BCUT2D eigenvalue weighted by Gasteiger charge is -2.32. The topological polar surface area (TPSA) is 49.4 Å². The molecule has 3 rings (SSSR count). The smallest absolute Gasteiger partial charge is 0.227 e. The van der Waals surface area contributed by atoms with Crippen LogP contribution >= 0.6 is 15.9 Å². The van der Waals surface area contributed by atoms with Crippen molar-refractivity contribution < 1.29 is 9.59 Å². The first-order valence-electron chi connectivity index (χ1n) is 9.46. The van der Waals surface area contributed by atoms with Crippen LogP contribution in [-0.2, 0) is 22.4 Å². The highest BCUT2D eigenvalue weighted by molar-refractivity contribution is 9.10. The number of carbonyl (C=O) groups is 2. The molecular formula is C22H25BrN2O2. The molecule has 1 fully saturated rings. The first kappa shape index (κ1) is 19.6. The van der Waals surface area contributed by atoms with Crippen molar-refractivity contribution in [2.75, 3.05) is 19.6 Å². The van der Waals surface area contributed by atoms with E-state index in [4.69, 9.17) is 0 Å². The highest BCUT2D eigenvalue weighted by Crippen LogP contribution is 2.19. The second-order valence-electron chi connectivity index (χ2n) is 6.97. The van der Waals surface area contributed by atoms with Crippen molar-refractivity contribution in [2.24, 2.45) is 5.92 Å². The van der Waals surface area contributed by atoms with Gasteiger partial charge in [-0.1, -0.05) is 64.5 Å². The lowest BCUT2D eigenvalue weighted by Crippen LogP contribution is -2.46. The van der Waals surface area contributed by atoms with Crippen molar-refractivity contribution in [3.05, 3.63) is 70.2 Å².